The molecule has 1 atom stereocenters. The minimum Gasteiger partial charge on any atom is -0.342 e. The van der Waals surface area contributed by atoms with E-state index in [1.165, 1.54) is 0 Å². The van der Waals surface area contributed by atoms with Gasteiger partial charge < -0.3 is 5.32 Å². The van der Waals surface area contributed by atoms with Gasteiger partial charge in [0.15, 0.2) is 0 Å². The van der Waals surface area contributed by atoms with Crippen molar-refractivity contribution in [3.63, 3.8) is 0 Å². The second kappa shape index (κ2) is 7.98. The molecule has 8 nitrogen and oxygen atoms in total. The van der Waals surface area contributed by atoms with Crippen molar-refractivity contribution >= 4 is 22.3 Å². The highest BCUT2D eigenvalue weighted by Gasteiger charge is 2.23. The van der Waals surface area contributed by atoms with Crippen molar-refractivity contribution < 1.29 is 4.79 Å². The summed E-state index contributed by atoms with van der Waals surface area (Å²) in [5.41, 5.74) is 3.62. The van der Waals surface area contributed by atoms with E-state index in [4.69, 9.17) is 4.98 Å². The molecular weight excluding hydrogens is 416 g/mol. The van der Waals surface area contributed by atoms with Crippen LogP contribution in [0.1, 0.15) is 40.4 Å². The summed E-state index contributed by atoms with van der Waals surface area (Å²) in [6.45, 7) is 5.50. The number of amides is 1. The summed E-state index contributed by atoms with van der Waals surface area (Å²) in [5.74, 6) is 0.145. The van der Waals surface area contributed by atoms with Crippen molar-refractivity contribution in [1.29, 1.82) is 0 Å². The maximum Gasteiger partial charge on any atom is 0.266 e. The van der Waals surface area contributed by atoms with Crippen molar-refractivity contribution in [3.8, 4) is 5.69 Å². The summed E-state index contributed by atoms with van der Waals surface area (Å²) in [5, 5.41) is 7.96. The Morgan fingerprint density at radius 3 is 2.64 bits per heavy atom. The Bertz CT molecular complexity index is 1570. The van der Waals surface area contributed by atoms with Crippen LogP contribution in [0.2, 0.25) is 0 Å². The van der Waals surface area contributed by atoms with Gasteiger partial charge in [-0.15, -0.1) is 0 Å². The summed E-state index contributed by atoms with van der Waals surface area (Å²) < 4.78 is 3.20. The number of aromatic nitrogens is 5. The number of carbonyl (C=O) groups excluding carboxylic acids is 1. The Morgan fingerprint density at radius 1 is 1.06 bits per heavy atom. The molecule has 0 aliphatic carbocycles. The van der Waals surface area contributed by atoms with Crippen LogP contribution in [-0.2, 0) is 0 Å². The molecule has 164 valence electrons. The van der Waals surface area contributed by atoms with Crippen LogP contribution < -0.4 is 10.9 Å². The Labute approximate surface area is 189 Å². The third kappa shape index (κ3) is 3.45. The number of fused-ring (bicyclic) bond motifs is 2. The van der Waals surface area contributed by atoms with Crippen molar-refractivity contribution in [3.05, 3.63) is 100 Å². The third-order valence-corrected chi connectivity index (χ3v) is 5.72. The molecule has 0 spiro atoms. The van der Waals surface area contributed by atoms with Gasteiger partial charge in [-0.1, -0.05) is 30.3 Å². The minimum atomic E-state index is -0.554. The number of benzene rings is 2. The molecule has 0 fully saturated rings. The lowest BCUT2D eigenvalue weighted by Gasteiger charge is -2.20. The smallest absolute Gasteiger partial charge is 0.266 e. The van der Waals surface area contributed by atoms with E-state index in [1.54, 1.807) is 34.6 Å². The lowest BCUT2D eigenvalue weighted by Crippen LogP contribution is -2.33. The molecule has 0 aliphatic heterocycles. The Hall–Kier alpha value is -4.33. The predicted octanol–water partition coefficient (Wildman–Crippen LogP) is 3.54. The zero-order valence-corrected chi connectivity index (χ0v) is 18.5. The van der Waals surface area contributed by atoms with Crippen LogP contribution in [0.5, 0.6) is 0 Å². The van der Waals surface area contributed by atoms with E-state index in [0.29, 0.717) is 39.2 Å². The van der Waals surface area contributed by atoms with Crippen molar-refractivity contribution in [2.75, 3.05) is 0 Å². The highest BCUT2D eigenvalue weighted by Crippen LogP contribution is 2.21. The fourth-order valence-corrected chi connectivity index (χ4v) is 4.16. The molecule has 0 bridgehead atoms. The number of nitrogens with one attached hydrogen (secondary N) is 1. The first-order valence-electron chi connectivity index (χ1n) is 10.6. The molecule has 1 amide bonds. The number of aryl methyl sites for hydroxylation is 2. The van der Waals surface area contributed by atoms with Crippen LogP contribution in [0.25, 0.3) is 22.1 Å². The first-order valence-corrected chi connectivity index (χ1v) is 10.6. The largest absolute Gasteiger partial charge is 0.342 e. The normalized spacial score (nSPS) is 12.2. The zero-order valence-electron chi connectivity index (χ0n) is 18.5. The van der Waals surface area contributed by atoms with Gasteiger partial charge in [-0.2, -0.15) is 5.10 Å². The summed E-state index contributed by atoms with van der Waals surface area (Å²) in [4.78, 5) is 35.8. The lowest BCUT2D eigenvalue weighted by molar-refractivity contribution is 0.0939. The highest BCUT2D eigenvalue weighted by molar-refractivity contribution is 6.02. The first-order chi connectivity index (χ1) is 16.0. The molecule has 2 aromatic carbocycles. The summed E-state index contributed by atoms with van der Waals surface area (Å²) in [6, 6.07) is 14.4. The molecular formula is C25H22N6O2. The molecule has 0 unspecified atom stereocenters. The minimum absolute atomic E-state index is 0.170. The van der Waals surface area contributed by atoms with Gasteiger partial charge in [0.05, 0.1) is 45.6 Å². The fraction of sp³-hybridized carbons (Fsp3) is 0.160. The van der Waals surface area contributed by atoms with Crippen LogP contribution in [0.15, 0.2) is 71.9 Å². The fourth-order valence-electron chi connectivity index (χ4n) is 4.16. The zero-order chi connectivity index (χ0) is 23.1. The first kappa shape index (κ1) is 20.6. The van der Waals surface area contributed by atoms with Crippen LogP contribution in [0.4, 0.5) is 0 Å². The second-order valence-electron chi connectivity index (χ2n) is 7.98. The van der Waals surface area contributed by atoms with Crippen LogP contribution >= 0.6 is 0 Å². The van der Waals surface area contributed by atoms with Crippen molar-refractivity contribution in [1.82, 2.24) is 29.5 Å². The van der Waals surface area contributed by atoms with Crippen molar-refractivity contribution in [2.45, 2.75) is 26.8 Å². The number of nitrogens with zero attached hydrogens (tertiary/aromatic N) is 5. The van der Waals surface area contributed by atoms with Gasteiger partial charge in [0.2, 0.25) is 0 Å². The number of hydrogen-bond donors (Lipinski definition) is 1. The van der Waals surface area contributed by atoms with Crippen LogP contribution in [0, 0.1) is 13.8 Å². The quantitative estimate of drug-likeness (QED) is 0.463. The van der Waals surface area contributed by atoms with Gasteiger partial charge in [-0.3, -0.25) is 19.1 Å². The third-order valence-electron chi connectivity index (χ3n) is 5.72. The van der Waals surface area contributed by atoms with Gasteiger partial charge >= 0.3 is 0 Å². The maximum absolute atomic E-state index is 13.6. The van der Waals surface area contributed by atoms with Gasteiger partial charge in [0.1, 0.15) is 5.82 Å². The number of carbonyl (C=O) groups is 1. The standard InChI is InChI=1S/C25H22N6O2/c1-15-8-7-11-19-21(15)25(33)31(18-9-5-4-6-10-18)23(28-19)17(3)27-24(32)22-16(2)29-30-13-12-26-14-20(22)30/h4-14,17H,1-3H3,(H,27,32)/t17-/m0/s1. The summed E-state index contributed by atoms with van der Waals surface area (Å²) in [7, 11) is 0. The van der Waals surface area contributed by atoms with E-state index in [0.717, 1.165) is 5.56 Å². The molecule has 3 heterocycles. The van der Waals surface area contributed by atoms with Crippen molar-refractivity contribution in [2.24, 2.45) is 0 Å². The predicted molar refractivity (Wildman–Crippen MR) is 126 cm³/mol. The molecule has 1 N–H and O–H groups in total. The second-order valence-corrected chi connectivity index (χ2v) is 7.98. The molecule has 33 heavy (non-hydrogen) atoms. The highest BCUT2D eigenvalue weighted by atomic mass is 16.2. The summed E-state index contributed by atoms with van der Waals surface area (Å²) in [6.07, 6.45) is 4.92. The molecule has 0 aliphatic rings. The Morgan fingerprint density at radius 2 is 1.85 bits per heavy atom. The summed E-state index contributed by atoms with van der Waals surface area (Å²) >= 11 is 0. The molecule has 5 rings (SSSR count). The van der Waals surface area contributed by atoms with E-state index < -0.39 is 6.04 Å². The molecule has 3 aromatic heterocycles. The van der Waals surface area contributed by atoms with Gasteiger partial charge in [0, 0.05) is 12.4 Å². The molecule has 8 heteroatoms. The molecule has 0 radical (unpaired) electrons. The van der Waals surface area contributed by atoms with E-state index in [1.807, 2.05) is 62.4 Å². The molecule has 5 aromatic rings. The number of rotatable bonds is 4. The van der Waals surface area contributed by atoms with Gasteiger partial charge in [-0.25, -0.2) is 9.50 Å². The lowest BCUT2D eigenvalue weighted by atomic mass is 10.1. The molecule has 0 saturated carbocycles. The van der Waals surface area contributed by atoms with Crippen LogP contribution in [-0.4, -0.2) is 30.1 Å². The Kier molecular flexibility index (Phi) is 4.97. The SMILES string of the molecule is Cc1nn2ccncc2c1C(=O)N[C@@H](C)c1nc2cccc(C)c2c(=O)n1-c1ccccc1. The van der Waals surface area contributed by atoms with Crippen LogP contribution in [0.3, 0.4) is 0 Å². The van der Waals surface area contributed by atoms with E-state index >= 15 is 0 Å². The topological polar surface area (TPSA) is 94.2 Å². The van der Waals surface area contributed by atoms with E-state index in [2.05, 4.69) is 15.4 Å². The average molecular weight is 438 g/mol. The Balaban J connectivity index is 1.64. The van der Waals surface area contributed by atoms with E-state index in [9.17, 15) is 9.59 Å². The monoisotopic (exact) mass is 438 g/mol. The molecule has 0 saturated heterocycles. The number of para-hydroxylation sites is 1. The number of hydrogen-bond acceptors (Lipinski definition) is 5. The van der Waals surface area contributed by atoms with E-state index in [-0.39, 0.29) is 11.5 Å². The van der Waals surface area contributed by atoms with Gasteiger partial charge in [-0.05, 0) is 44.5 Å². The maximum atomic E-state index is 13.6. The average Bonchev–Trinajstić information content (AvgIpc) is 3.15. The van der Waals surface area contributed by atoms with Gasteiger partial charge in [0.25, 0.3) is 11.5 Å².